The minimum Gasteiger partial charge on any atom is -0.193 e. The first-order valence-corrected chi connectivity index (χ1v) is 4.88. The molecule has 2 unspecified atom stereocenters. The van der Waals surface area contributed by atoms with E-state index < -0.39 is 0 Å². The second-order valence-electron chi connectivity index (χ2n) is 4.35. The third-order valence-electron chi connectivity index (χ3n) is 3.52. The van der Waals surface area contributed by atoms with Crippen molar-refractivity contribution in [2.24, 2.45) is 17.8 Å². The zero-order valence-corrected chi connectivity index (χ0v) is 7.42. The number of hydrogen-bond donors (Lipinski definition) is 0. The third-order valence-corrected chi connectivity index (χ3v) is 3.52. The summed E-state index contributed by atoms with van der Waals surface area (Å²) in [7, 11) is 0. The number of allylic oxidation sites excluding steroid dienone is 1. The molecular formula is C11H15N. The predicted molar refractivity (Wildman–Crippen MR) is 48.3 cm³/mol. The molecule has 2 aliphatic rings. The van der Waals surface area contributed by atoms with Gasteiger partial charge in [-0.25, -0.2) is 0 Å². The molecule has 1 heteroatoms. The average Bonchev–Trinajstić information content (AvgIpc) is 2.44. The van der Waals surface area contributed by atoms with Crippen molar-refractivity contribution in [1.82, 2.24) is 0 Å². The molecule has 0 aromatic heterocycles. The van der Waals surface area contributed by atoms with Crippen molar-refractivity contribution in [3.8, 4) is 6.07 Å². The molecular weight excluding hydrogens is 146 g/mol. The molecule has 0 aromatic rings. The lowest BCUT2D eigenvalue weighted by Crippen LogP contribution is -2.16. The summed E-state index contributed by atoms with van der Waals surface area (Å²) in [5.74, 6) is 2.36. The van der Waals surface area contributed by atoms with Crippen molar-refractivity contribution < 1.29 is 0 Å². The molecule has 0 N–H and O–H groups in total. The van der Waals surface area contributed by atoms with Gasteiger partial charge < -0.3 is 0 Å². The smallest absolute Gasteiger partial charge is 0.0943 e. The topological polar surface area (TPSA) is 23.8 Å². The van der Waals surface area contributed by atoms with Gasteiger partial charge in [-0.2, -0.15) is 5.26 Å². The Labute approximate surface area is 74.1 Å². The van der Waals surface area contributed by atoms with Gasteiger partial charge >= 0.3 is 0 Å². The van der Waals surface area contributed by atoms with Gasteiger partial charge in [-0.15, -0.1) is 0 Å². The van der Waals surface area contributed by atoms with E-state index in [2.05, 4.69) is 12.6 Å². The summed E-state index contributed by atoms with van der Waals surface area (Å²) >= 11 is 0. The number of hydrogen-bond acceptors (Lipinski definition) is 1. The second-order valence-corrected chi connectivity index (χ2v) is 4.35. The van der Waals surface area contributed by atoms with E-state index >= 15 is 0 Å². The van der Waals surface area contributed by atoms with Gasteiger partial charge in [0.15, 0.2) is 0 Å². The molecule has 0 amide bonds. The van der Waals surface area contributed by atoms with Crippen molar-refractivity contribution in [2.45, 2.75) is 32.1 Å². The van der Waals surface area contributed by atoms with Crippen LogP contribution >= 0.6 is 0 Å². The molecule has 12 heavy (non-hydrogen) atoms. The molecule has 0 radical (unpaired) electrons. The Balaban J connectivity index is 2.03. The van der Waals surface area contributed by atoms with E-state index in [1.54, 1.807) is 0 Å². The first kappa shape index (κ1) is 7.86. The summed E-state index contributed by atoms with van der Waals surface area (Å²) in [6.45, 7) is 3.83. The molecule has 2 rings (SSSR count). The molecule has 1 nitrogen and oxygen atoms in total. The van der Waals surface area contributed by atoms with Crippen LogP contribution in [0.15, 0.2) is 12.2 Å². The van der Waals surface area contributed by atoms with Crippen LogP contribution in [0, 0.1) is 29.1 Å². The lowest BCUT2D eigenvalue weighted by Gasteiger charge is -2.26. The molecule has 2 aliphatic carbocycles. The van der Waals surface area contributed by atoms with E-state index in [9.17, 15) is 0 Å². The lowest BCUT2D eigenvalue weighted by molar-refractivity contribution is 0.295. The van der Waals surface area contributed by atoms with Crippen LogP contribution in [-0.4, -0.2) is 0 Å². The Morgan fingerprint density at radius 3 is 2.25 bits per heavy atom. The Morgan fingerprint density at radius 1 is 1.17 bits per heavy atom. The second kappa shape index (κ2) is 2.94. The maximum atomic E-state index is 8.73. The Morgan fingerprint density at radius 2 is 1.75 bits per heavy atom. The van der Waals surface area contributed by atoms with Crippen molar-refractivity contribution in [3.05, 3.63) is 12.2 Å². The molecule has 0 aromatic carbocycles. The van der Waals surface area contributed by atoms with Gasteiger partial charge in [-0.1, -0.05) is 19.4 Å². The van der Waals surface area contributed by atoms with Gasteiger partial charge in [-0.05, 0) is 37.0 Å². The highest BCUT2D eigenvalue weighted by Gasteiger charge is 2.34. The van der Waals surface area contributed by atoms with Gasteiger partial charge in [0.25, 0.3) is 0 Å². The van der Waals surface area contributed by atoms with Crippen LogP contribution in [0.3, 0.4) is 0 Å². The highest BCUT2D eigenvalue weighted by atomic mass is 14.4. The zero-order chi connectivity index (χ0) is 8.55. The summed E-state index contributed by atoms with van der Waals surface area (Å²) in [6.07, 6.45) is 6.71. The van der Waals surface area contributed by atoms with Crippen molar-refractivity contribution >= 4 is 0 Å². The fourth-order valence-corrected chi connectivity index (χ4v) is 2.88. The number of fused-ring (bicyclic) bond motifs is 2. The normalized spacial score (nSPS) is 39.1. The molecule has 0 heterocycles. The fraction of sp³-hybridized carbons (Fsp3) is 0.727. The highest BCUT2D eigenvalue weighted by Crippen LogP contribution is 2.46. The fourth-order valence-electron chi connectivity index (χ4n) is 2.88. The maximum Gasteiger partial charge on any atom is 0.0943 e. The molecule has 2 atom stereocenters. The Hall–Kier alpha value is -0.770. The highest BCUT2D eigenvalue weighted by molar-refractivity contribution is 5.20. The Bertz CT molecular complexity index is 224. The first-order chi connectivity index (χ1) is 5.79. The third kappa shape index (κ3) is 1.27. The van der Waals surface area contributed by atoms with Crippen molar-refractivity contribution in [3.63, 3.8) is 0 Å². The van der Waals surface area contributed by atoms with Crippen LogP contribution in [0.5, 0.6) is 0 Å². The number of rotatable bonds is 1. The predicted octanol–water partition coefficient (Wildman–Crippen LogP) is 2.89. The Kier molecular flexibility index (Phi) is 1.92. The molecule has 0 saturated heterocycles. The maximum absolute atomic E-state index is 8.73. The van der Waals surface area contributed by atoms with Gasteiger partial charge in [0.2, 0.25) is 0 Å². The molecule has 2 saturated carbocycles. The molecule has 2 fully saturated rings. The van der Waals surface area contributed by atoms with Gasteiger partial charge in [-0.3, -0.25) is 0 Å². The van der Waals surface area contributed by atoms with Gasteiger partial charge in [0.1, 0.15) is 0 Å². The van der Waals surface area contributed by atoms with E-state index in [-0.39, 0.29) is 0 Å². The van der Waals surface area contributed by atoms with E-state index in [4.69, 9.17) is 5.26 Å². The lowest BCUT2D eigenvalue weighted by atomic mass is 9.78. The van der Waals surface area contributed by atoms with E-state index in [0.717, 1.165) is 17.4 Å². The minimum atomic E-state index is 0.529. The number of nitrogens with zero attached hydrogens (tertiary/aromatic N) is 1. The van der Waals surface area contributed by atoms with Crippen LogP contribution in [0.2, 0.25) is 0 Å². The van der Waals surface area contributed by atoms with E-state index in [1.165, 1.54) is 32.1 Å². The van der Waals surface area contributed by atoms with E-state index in [1.807, 2.05) is 0 Å². The van der Waals surface area contributed by atoms with Crippen LogP contribution in [0.4, 0.5) is 0 Å². The zero-order valence-electron chi connectivity index (χ0n) is 7.42. The monoisotopic (exact) mass is 161 g/mol. The van der Waals surface area contributed by atoms with E-state index in [0.29, 0.717) is 5.92 Å². The van der Waals surface area contributed by atoms with Crippen LogP contribution in [0.1, 0.15) is 32.1 Å². The molecule has 2 bridgehead atoms. The standard InChI is InChI=1S/C11H15N/c1-8(7-12)11-5-9-2-3-10(4-9)6-11/h9-11H,1-6H2. The first-order valence-electron chi connectivity index (χ1n) is 4.88. The summed E-state index contributed by atoms with van der Waals surface area (Å²) in [6, 6.07) is 2.21. The minimum absolute atomic E-state index is 0.529. The van der Waals surface area contributed by atoms with Gasteiger partial charge in [0.05, 0.1) is 6.07 Å². The number of nitriles is 1. The SMILES string of the molecule is C=C(C#N)C1CC2CCC(C2)C1. The summed E-state index contributed by atoms with van der Waals surface area (Å²) in [5.41, 5.74) is 0.826. The molecule has 0 spiro atoms. The summed E-state index contributed by atoms with van der Waals surface area (Å²) in [5, 5.41) is 8.73. The van der Waals surface area contributed by atoms with Crippen LogP contribution < -0.4 is 0 Å². The largest absolute Gasteiger partial charge is 0.193 e. The molecule has 0 aliphatic heterocycles. The quantitative estimate of drug-likeness (QED) is 0.542. The average molecular weight is 161 g/mol. The van der Waals surface area contributed by atoms with Gasteiger partial charge in [0, 0.05) is 5.57 Å². The van der Waals surface area contributed by atoms with Crippen LogP contribution in [0.25, 0.3) is 0 Å². The van der Waals surface area contributed by atoms with Crippen molar-refractivity contribution in [2.75, 3.05) is 0 Å². The summed E-state index contributed by atoms with van der Waals surface area (Å²) < 4.78 is 0. The molecule has 64 valence electrons. The van der Waals surface area contributed by atoms with Crippen molar-refractivity contribution in [1.29, 1.82) is 5.26 Å². The van der Waals surface area contributed by atoms with Crippen LogP contribution in [-0.2, 0) is 0 Å². The summed E-state index contributed by atoms with van der Waals surface area (Å²) in [4.78, 5) is 0.